The van der Waals surface area contributed by atoms with Gasteiger partial charge in [0.05, 0.1) is 0 Å². The predicted molar refractivity (Wildman–Crippen MR) is 75.9 cm³/mol. The summed E-state index contributed by atoms with van der Waals surface area (Å²) in [5, 5.41) is 7.36. The van der Waals surface area contributed by atoms with Crippen molar-refractivity contribution in [3.05, 3.63) is 6.07 Å². The van der Waals surface area contributed by atoms with Gasteiger partial charge >= 0.3 is 0 Å². The molecule has 0 amide bonds. The average molecular weight is 254 g/mol. The molecule has 4 nitrogen and oxygen atoms in total. The zero-order valence-corrected chi connectivity index (χ0v) is 11.9. The monoisotopic (exact) mass is 254 g/mol. The van der Waals surface area contributed by atoms with Crippen molar-refractivity contribution in [3.63, 3.8) is 0 Å². The molecule has 1 rings (SSSR count). The van der Waals surface area contributed by atoms with Crippen molar-refractivity contribution in [1.29, 1.82) is 0 Å². The van der Waals surface area contributed by atoms with E-state index in [1.807, 2.05) is 12.3 Å². The van der Waals surface area contributed by atoms with Gasteiger partial charge in [-0.05, 0) is 25.5 Å². The lowest BCUT2D eigenvalue weighted by Gasteiger charge is -2.10. The van der Waals surface area contributed by atoms with Crippen molar-refractivity contribution >= 4 is 23.4 Å². The van der Waals surface area contributed by atoms with E-state index in [0.29, 0.717) is 5.92 Å². The minimum Gasteiger partial charge on any atom is -0.370 e. The molecule has 0 saturated carbocycles. The molecule has 17 heavy (non-hydrogen) atoms. The molecule has 0 bridgehead atoms. The summed E-state index contributed by atoms with van der Waals surface area (Å²) in [4.78, 5) is 8.82. The van der Waals surface area contributed by atoms with E-state index >= 15 is 0 Å². The molecule has 1 aromatic heterocycles. The van der Waals surface area contributed by atoms with Crippen LogP contribution in [0.1, 0.15) is 27.2 Å². The minimum absolute atomic E-state index is 0.706. The molecule has 0 unspecified atom stereocenters. The molecule has 0 aromatic carbocycles. The number of hydrogen-bond acceptors (Lipinski definition) is 5. The third-order valence-electron chi connectivity index (χ3n) is 2.27. The van der Waals surface area contributed by atoms with Crippen molar-refractivity contribution in [2.24, 2.45) is 5.92 Å². The molecule has 2 N–H and O–H groups in total. The summed E-state index contributed by atoms with van der Waals surface area (Å²) >= 11 is 1.56. The van der Waals surface area contributed by atoms with Gasteiger partial charge in [0.25, 0.3) is 0 Å². The van der Waals surface area contributed by atoms with Gasteiger partial charge in [-0.2, -0.15) is 0 Å². The molecular weight excluding hydrogens is 232 g/mol. The van der Waals surface area contributed by atoms with Crippen LogP contribution in [-0.4, -0.2) is 29.3 Å². The van der Waals surface area contributed by atoms with E-state index in [0.717, 1.165) is 36.3 Å². The topological polar surface area (TPSA) is 49.8 Å². The quantitative estimate of drug-likeness (QED) is 0.578. The van der Waals surface area contributed by atoms with Crippen LogP contribution in [0.5, 0.6) is 0 Å². The molecule has 0 aliphatic carbocycles. The Hall–Kier alpha value is -0.970. The Morgan fingerprint density at radius 1 is 1.24 bits per heavy atom. The maximum Gasteiger partial charge on any atom is 0.191 e. The first-order valence-electron chi connectivity index (χ1n) is 6.06. The smallest absolute Gasteiger partial charge is 0.191 e. The van der Waals surface area contributed by atoms with E-state index in [1.165, 1.54) is 0 Å². The van der Waals surface area contributed by atoms with E-state index in [-0.39, 0.29) is 0 Å². The van der Waals surface area contributed by atoms with Crippen LogP contribution in [0.4, 0.5) is 11.6 Å². The first-order chi connectivity index (χ1) is 8.15. The Bertz CT molecular complexity index is 341. The predicted octanol–water partition coefficient (Wildman–Crippen LogP) is 3.09. The fourth-order valence-electron chi connectivity index (χ4n) is 1.37. The fourth-order valence-corrected chi connectivity index (χ4v) is 1.75. The third-order valence-corrected chi connectivity index (χ3v) is 2.82. The largest absolute Gasteiger partial charge is 0.370 e. The summed E-state index contributed by atoms with van der Waals surface area (Å²) in [5.74, 6) is 2.50. The molecule has 0 spiro atoms. The van der Waals surface area contributed by atoms with Gasteiger partial charge in [-0.15, -0.1) is 0 Å². The molecule has 1 aromatic rings. The first-order valence-corrected chi connectivity index (χ1v) is 7.29. The highest BCUT2D eigenvalue weighted by Crippen LogP contribution is 2.17. The lowest BCUT2D eigenvalue weighted by molar-refractivity contribution is 0.606. The SMILES string of the molecule is CCNc1cc(NCCC(C)C)nc(SC)n1. The number of thioether (sulfide) groups is 1. The standard InChI is InChI=1S/C12H22N4S/c1-5-13-10-8-11(14-7-6-9(2)3)16-12(15-10)17-4/h8-9H,5-7H2,1-4H3,(H2,13,14,15,16). The highest BCUT2D eigenvalue weighted by Gasteiger charge is 2.03. The van der Waals surface area contributed by atoms with Crippen LogP contribution in [0, 0.1) is 5.92 Å². The van der Waals surface area contributed by atoms with Crippen molar-refractivity contribution in [2.75, 3.05) is 30.0 Å². The van der Waals surface area contributed by atoms with Crippen LogP contribution in [0.2, 0.25) is 0 Å². The zero-order valence-electron chi connectivity index (χ0n) is 11.1. The van der Waals surface area contributed by atoms with Gasteiger partial charge in [-0.1, -0.05) is 25.6 Å². The van der Waals surface area contributed by atoms with Crippen molar-refractivity contribution in [1.82, 2.24) is 9.97 Å². The summed E-state index contributed by atoms with van der Waals surface area (Å²) in [6, 6.07) is 1.96. The Kier molecular flexibility index (Phi) is 6.11. The Labute approximate surface area is 108 Å². The van der Waals surface area contributed by atoms with Crippen molar-refractivity contribution < 1.29 is 0 Å². The van der Waals surface area contributed by atoms with Gasteiger partial charge in [0, 0.05) is 19.2 Å². The second-order valence-electron chi connectivity index (χ2n) is 4.26. The van der Waals surface area contributed by atoms with Crippen molar-refractivity contribution in [3.8, 4) is 0 Å². The normalized spacial score (nSPS) is 10.6. The number of hydrogen-bond donors (Lipinski definition) is 2. The number of anilines is 2. The summed E-state index contributed by atoms with van der Waals surface area (Å²) in [6.45, 7) is 8.33. The number of aromatic nitrogens is 2. The second kappa shape index (κ2) is 7.37. The third kappa shape index (κ3) is 5.26. The first kappa shape index (κ1) is 14.1. The second-order valence-corrected chi connectivity index (χ2v) is 5.04. The van der Waals surface area contributed by atoms with Crippen LogP contribution >= 0.6 is 11.8 Å². The molecule has 5 heteroatoms. The van der Waals surface area contributed by atoms with Gasteiger partial charge in [0.15, 0.2) is 5.16 Å². The Morgan fingerprint density at radius 3 is 2.41 bits per heavy atom. The van der Waals surface area contributed by atoms with E-state index in [1.54, 1.807) is 11.8 Å². The molecule has 0 radical (unpaired) electrons. The van der Waals surface area contributed by atoms with Crippen LogP contribution < -0.4 is 10.6 Å². The van der Waals surface area contributed by atoms with Crippen LogP contribution in [0.3, 0.4) is 0 Å². The number of rotatable bonds is 7. The van der Waals surface area contributed by atoms with Crippen LogP contribution in [-0.2, 0) is 0 Å². The molecule has 0 saturated heterocycles. The van der Waals surface area contributed by atoms with Crippen LogP contribution in [0.15, 0.2) is 11.2 Å². The highest BCUT2D eigenvalue weighted by molar-refractivity contribution is 7.98. The van der Waals surface area contributed by atoms with Crippen molar-refractivity contribution in [2.45, 2.75) is 32.3 Å². The summed E-state index contributed by atoms with van der Waals surface area (Å²) < 4.78 is 0. The van der Waals surface area contributed by atoms with E-state index < -0.39 is 0 Å². The highest BCUT2D eigenvalue weighted by atomic mass is 32.2. The van der Waals surface area contributed by atoms with Crippen LogP contribution in [0.25, 0.3) is 0 Å². The molecule has 0 aliphatic rings. The lowest BCUT2D eigenvalue weighted by atomic mass is 10.1. The maximum absolute atomic E-state index is 4.43. The summed E-state index contributed by atoms with van der Waals surface area (Å²) in [7, 11) is 0. The summed E-state index contributed by atoms with van der Waals surface area (Å²) in [5.41, 5.74) is 0. The van der Waals surface area contributed by atoms with Gasteiger partial charge in [0.1, 0.15) is 11.6 Å². The molecular formula is C12H22N4S. The Balaban J connectivity index is 2.66. The maximum atomic E-state index is 4.43. The average Bonchev–Trinajstić information content (AvgIpc) is 2.28. The zero-order chi connectivity index (χ0) is 12.7. The molecule has 0 atom stereocenters. The minimum atomic E-state index is 0.706. The van der Waals surface area contributed by atoms with Gasteiger partial charge in [0.2, 0.25) is 0 Å². The van der Waals surface area contributed by atoms with Gasteiger partial charge in [-0.3, -0.25) is 0 Å². The fraction of sp³-hybridized carbons (Fsp3) is 0.667. The molecule has 1 heterocycles. The lowest BCUT2D eigenvalue weighted by Crippen LogP contribution is -2.08. The molecule has 0 aliphatic heterocycles. The van der Waals surface area contributed by atoms with E-state index in [2.05, 4.69) is 41.4 Å². The summed E-state index contributed by atoms with van der Waals surface area (Å²) in [6.07, 6.45) is 3.14. The van der Waals surface area contributed by atoms with E-state index in [4.69, 9.17) is 0 Å². The Morgan fingerprint density at radius 2 is 1.88 bits per heavy atom. The number of nitrogens with zero attached hydrogens (tertiary/aromatic N) is 2. The molecule has 96 valence electrons. The van der Waals surface area contributed by atoms with Gasteiger partial charge in [-0.25, -0.2) is 9.97 Å². The van der Waals surface area contributed by atoms with Gasteiger partial charge < -0.3 is 10.6 Å². The van der Waals surface area contributed by atoms with E-state index in [9.17, 15) is 0 Å². The number of nitrogens with one attached hydrogen (secondary N) is 2. The molecule has 0 fully saturated rings.